The highest BCUT2D eigenvalue weighted by Gasteiger charge is 2.24. The van der Waals surface area contributed by atoms with Gasteiger partial charge in [-0.25, -0.2) is 0 Å². The first-order chi connectivity index (χ1) is 29.4. The van der Waals surface area contributed by atoms with Gasteiger partial charge in [-0.05, 0) is 116 Å². The lowest BCUT2D eigenvalue weighted by atomic mass is 9.77. The first kappa shape index (κ1) is 35.7. The van der Waals surface area contributed by atoms with E-state index in [9.17, 15) is 0 Å². The van der Waals surface area contributed by atoms with E-state index in [1.54, 1.807) is 0 Å². The molecule has 0 radical (unpaired) electrons. The molecule has 11 aromatic rings. The maximum absolute atomic E-state index is 2.37. The number of nitrogens with zero attached hydrogens (tertiary/aromatic N) is 2. The van der Waals surface area contributed by atoms with Crippen molar-refractivity contribution < 1.29 is 0 Å². The Morgan fingerprint density at radius 2 is 0.633 bits per heavy atom. The normalized spacial score (nSPS) is 11.9. The number of rotatable bonds is 6. The van der Waals surface area contributed by atoms with Gasteiger partial charge in [-0.2, -0.15) is 0 Å². The molecule has 0 fully saturated rings. The van der Waals surface area contributed by atoms with Gasteiger partial charge in [0.1, 0.15) is 0 Å². The predicted octanol–water partition coefficient (Wildman–Crippen LogP) is 15.8. The quantitative estimate of drug-likeness (QED) is 0.159. The molecular formula is C58H44N2. The second-order valence-electron chi connectivity index (χ2n) is 17.0. The minimum absolute atomic E-state index is 0.0841. The number of hydrogen-bond acceptors (Lipinski definition) is 0. The monoisotopic (exact) mass is 768 g/mol. The topological polar surface area (TPSA) is 9.86 Å². The van der Waals surface area contributed by atoms with Crippen molar-refractivity contribution in [3.63, 3.8) is 0 Å². The largest absolute Gasteiger partial charge is 0.309 e. The first-order valence-electron chi connectivity index (χ1n) is 20.9. The van der Waals surface area contributed by atoms with Crippen LogP contribution in [-0.4, -0.2) is 9.13 Å². The van der Waals surface area contributed by atoms with E-state index in [4.69, 9.17) is 0 Å². The van der Waals surface area contributed by atoms with Crippen LogP contribution >= 0.6 is 0 Å². The van der Waals surface area contributed by atoms with Crippen LogP contribution in [-0.2, 0) is 5.41 Å². The zero-order valence-electron chi connectivity index (χ0n) is 34.1. The SMILES string of the molecule is CC(C)(C)c1c(-c2ccc(-c3ccc4c(c3)c3ccccc3n4-c3ccccc3)cc2)cccc1-c1ccc(-c2ccc3c(c2)c2ccccc2n3-c2ccccc2)cc1. The van der Waals surface area contributed by atoms with Crippen LogP contribution in [0.1, 0.15) is 26.3 Å². The molecule has 0 aliphatic rings. The average Bonchev–Trinajstić information content (AvgIpc) is 3.81. The molecule has 0 spiro atoms. The molecule has 0 N–H and O–H groups in total. The first-order valence-corrected chi connectivity index (χ1v) is 20.9. The van der Waals surface area contributed by atoms with Gasteiger partial charge in [0.25, 0.3) is 0 Å². The molecule has 0 unspecified atom stereocenters. The summed E-state index contributed by atoms with van der Waals surface area (Å²) in [4.78, 5) is 0. The fourth-order valence-corrected chi connectivity index (χ4v) is 9.54. The zero-order valence-corrected chi connectivity index (χ0v) is 34.1. The van der Waals surface area contributed by atoms with Gasteiger partial charge in [-0.15, -0.1) is 0 Å². The molecule has 0 aliphatic heterocycles. The van der Waals surface area contributed by atoms with Crippen LogP contribution in [0.4, 0.5) is 0 Å². The van der Waals surface area contributed by atoms with Gasteiger partial charge in [-0.3, -0.25) is 0 Å². The van der Waals surface area contributed by atoms with Crippen LogP contribution in [0, 0.1) is 0 Å². The number of para-hydroxylation sites is 4. The Labute approximate surface area is 351 Å². The van der Waals surface area contributed by atoms with Crippen molar-refractivity contribution >= 4 is 43.6 Å². The standard InChI is InChI=1S/C58H44N2/c1-58(2,3)57-47(41-29-25-39(26-30-41)43-33-35-55-51(37-43)49-19-10-12-23-53(49)59(55)45-15-6-4-7-16-45)21-14-22-48(57)42-31-27-40(28-32-42)44-34-36-56-52(38-44)50-20-11-13-24-54(50)60(56)46-17-8-5-9-18-46/h4-38H,1-3H3. The van der Waals surface area contributed by atoms with E-state index < -0.39 is 0 Å². The molecule has 286 valence electrons. The molecule has 0 atom stereocenters. The molecule has 2 heterocycles. The van der Waals surface area contributed by atoms with Gasteiger partial charge < -0.3 is 9.13 Å². The third-order valence-corrected chi connectivity index (χ3v) is 12.2. The molecule has 0 bridgehead atoms. The maximum atomic E-state index is 2.37. The van der Waals surface area contributed by atoms with E-state index in [1.165, 1.54) is 105 Å². The summed E-state index contributed by atoms with van der Waals surface area (Å²) in [5.41, 5.74) is 18.4. The molecule has 11 rings (SSSR count). The minimum atomic E-state index is -0.0841. The van der Waals surface area contributed by atoms with Crippen LogP contribution in [0.5, 0.6) is 0 Å². The Morgan fingerprint density at radius 3 is 1.05 bits per heavy atom. The molecule has 60 heavy (non-hydrogen) atoms. The second kappa shape index (κ2) is 14.1. The smallest absolute Gasteiger partial charge is 0.0541 e. The molecule has 0 amide bonds. The Kier molecular flexibility index (Phi) is 8.42. The van der Waals surface area contributed by atoms with E-state index in [1.807, 2.05) is 0 Å². The third-order valence-electron chi connectivity index (χ3n) is 12.2. The van der Waals surface area contributed by atoms with Crippen molar-refractivity contribution in [1.82, 2.24) is 9.13 Å². The summed E-state index contributed by atoms with van der Waals surface area (Å²) in [6, 6.07) is 77.7. The third kappa shape index (κ3) is 5.95. The van der Waals surface area contributed by atoms with Gasteiger partial charge >= 0.3 is 0 Å². The fourth-order valence-electron chi connectivity index (χ4n) is 9.54. The molecule has 9 aromatic carbocycles. The molecular weight excluding hydrogens is 725 g/mol. The Hall–Kier alpha value is -7.42. The highest BCUT2D eigenvalue weighted by molar-refractivity contribution is 6.11. The number of fused-ring (bicyclic) bond motifs is 6. The van der Waals surface area contributed by atoms with Gasteiger partial charge in [0.2, 0.25) is 0 Å². The summed E-state index contributed by atoms with van der Waals surface area (Å²) < 4.78 is 4.75. The predicted molar refractivity (Wildman–Crippen MR) is 256 cm³/mol. The van der Waals surface area contributed by atoms with Gasteiger partial charge in [0.05, 0.1) is 22.1 Å². The fraction of sp³-hybridized carbons (Fsp3) is 0.0690. The Bertz CT molecular complexity index is 3140. The van der Waals surface area contributed by atoms with Crippen LogP contribution in [0.15, 0.2) is 212 Å². The lowest BCUT2D eigenvalue weighted by Gasteiger charge is -2.27. The molecule has 2 heteroatoms. The molecule has 0 saturated heterocycles. The Balaban J connectivity index is 0.935. The highest BCUT2D eigenvalue weighted by Crippen LogP contribution is 2.42. The van der Waals surface area contributed by atoms with E-state index >= 15 is 0 Å². The van der Waals surface area contributed by atoms with Crippen LogP contribution in [0.3, 0.4) is 0 Å². The van der Waals surface area contributed by atoms with E-state index in [0.29, 0.717) is 0 Å². The van der Waals surface area contributed by atoms with Gasteiger partial charge in [-0.1, -0.05) is 172 Å². The van der Waals surface area contributed by atoms with E-state index in [-0.39, 0.29) is 5.41 Å². The van der Waals surface area contributed by atoms with Crippen molar-refractivity contribution in [3.05, 3.63) is 218 Å². The lowest BCUT2D eigenvalue weighted by Crippen LogP contribution is -2.14. The highest BCUT2D eigenvalue weighted by atomic mass is 15.0. The minimum Gasteiger partial charge on any atom is -0.309 e. The number of hydrogen-bond donors (Lipinski definition) is 0. The van der Waals surface area contributed by atoms with Crippen molar-refractivity contribution in [2.75, 3.05) is 0 Å². The molecule has 0 aliphatic carbocycles. The molecule has 2 nitrogen and oxygen atoms in total. The summed E-state index contributed by atoms with van der Waals surface area (Å²) in [6.07, 6.45) is 0. The molecule has 2 aromatic heterocycles. The summed E-state index contributed by atoms with van der Waals surface area (Å²) in [5, 5.41) is 5.06. The van der Waals surface area contributed by atoms with E-state index in [2.05, 4.69) is 242 Å². The molecule has 0 saturated carbocycles. The maximum Gasteiger partial charge on any atom is 0.0541 e. The average molecular weight is 769 g/mol. The number of benzene rings is 9. The van der Waals surface area contributed by atoms with Crippen molar-refractivity contribution in [2.45, 2.75) is 26.2 Å². The summed E-state index contributed by atoms with van der Waals surface area (Å²) >= 11 is 0. The zero-order chi connectivity index (χ0) is 40.4. The van der Waals surface area contributed by atoms with Crippen LogP contribution < -0.4 is 0 Å². The van der Waals surface area contributed by atoms with Crippen molar-refractivity contribution in [2.24, 2.45) is 0 Å². The van der Waals surface area contributed by atoms with Crippen molar-refractivity contribution in [1.29, 1.82) is 0 Å². The lowest BCUT2D eigenvalue weighted by molar-refractivity contribution is 0.593. The summed E-state index contributed by atoms with van der Waals surface area (Å²) in [5.74, 6) is 0. The van der Waals surface area contributed by atoms with Crippen LogP contribution in [0.2, 0.25) is 0 Å². The summed E-state index contributed by atoms with van der Waals surface area (Å²) in [7, 11) is 0. The van der Waals surface area contributed by atoms with Crippen LogP contribution in [0.25, 0.3) is 99.5 Å². The van der Waals surface area contributed by atoms with E-state index in [0.717, 1.165) is 0 Å². The van der Waals surface area contributed by atoms with Crippen molar-refractivity contribution in [3.8, 4) is 55.9 Å². The second-order valence-corrected chi connectivity index (χ2v) is 17.0. The van der Waals surface area contributed by atoms with Gasteiger partial charge in [0.15, 0.2) is 0 Å². The number of aromatic nitrogens is 2. The Morgan fingerprint density at radius 1 is 0.283 bits per heavy atom. The summed E-state index contributed by atoms with van der Waals surface area (Å²) in [6.45, 7) is 7.00. The van der Waals surface area contributed by atoms with Gasteiger partial charge in [0, 0.05) is 32.9 Å².